The number of hydrogen-bond acceptors (Lipinski definition) is 1. The fourth-order valence-electron chi connectivity index (χ4n) is 5.63. The second-order valence-corrected chi connectivity index (χ2v) is 15.9. The molecule has 1 unspecified atom stereocenters. The molecule has 0 aromatic heterocycles. The molecule has 0 spiro atoms. The first-order chi connectivity index (χ1) is 15.0. The van der Waals surface area contributed by atoms with Crippen molar-refractivity contribution in [1.82, 2.24) is 0 Å². The van der Waals surface area contributed by atoms with Crippen molar-refractivity contribution in [2.24, 2.45) is 17.8 Å². The fourth-order valence-corrected chi connectivity index (χ4v) is 9.71. The molecule has 1 aliphatic heterocycles. The van der Waals surface area contributed by atoms with Crippen molar-refractivity contribution in [3.05, 3.63) is 98.2 Å². The number of allylic oxidation sites excluding steroid dienone is 5. The van der Waals surface area contributed by atoms with Gasteiger partial charge in [-0.3, -0.25) is 0 Å². The molecule has 2 aliphatic carbocycles. The summed E-state index contributed by atoms with van der Waals surface area (Å²) in [6.45, 7) is 9.26. The van der Waals surface area contributed by atoms with E-state index >= 15 is 0 Å². The van der Waals surface area contributed by atoms with E-state index in [0.717, 1.165) is 11.4 Å². The molecule has 0 radical (unpaired) electrons. The van der Waals surface area contributed by atoms with Crippen LogP contribution in [0.15, 0.2) is 85.5 Å². The second kappa shape index (κ2) is 10.8. The summed E-state index contributed by atoms with van der Waals surface area (Å²) in [5.74, 6) is 1.77. The van der Waals surface area contributed by atoms with Gasteiger partial charge in [0.15, 0.2) is 8.24 Å². The summed E-state index contributed by atoms with van der Waals surface area (Å²) in [5, 5.41) is 4.95. The van der Waals surface area contributed by atoms with Crippen LogP contribution >= 0.6 is 18.6 Å². The Hall–Kier alpha value is -1.23. The molecule has 2 nitrogen and oxygen atoms in total. The van der Waals surface area contributed by atoms with E-state index in [1.807, 2.05) is 0 Å². The number of para-hydroxylation sites is 4. The topological polar surface area (TPSA) is 17.3 Å². The zero-order chi connectivity index (χ0) is 22.0. The van der Waals surface area contributed by atoms with Gasteiger partial charge in [-0.05, 0) is 41.8 Å². The number of benzene rings is 2. The van der Waals surface area contributed by atoms with Gasteiger partial charge in [0.1, 0.15) is 0 Å². The van der Waals surface area contributed by atoms with Crippen LogP contribution in [0.2, 0.25) is 18.6 Å². The van der Waals surface area contributed by atoms with Crippen molar-refractivity contribution in [3.8, 4) is 0 Å². The molecule has 1 fully saturated rings. The summed E-state index contributed by atoms with van der Waals surface area (Å²) < 4.78 is 2.68. The minimum atomic E-state index is -1.90. The number of rotatable bonds is 3. The third-order valence-electron chi connectivity index (χ3n) is 6.98. The molecule has 0 bridgehead atoms. The second-order valence-electron chi connectivity index (χ2n) is 8.82. The zero-order valence-electron chi connectivity index (χ0n) is 18.9. The molecule has 32 heavy (non-hydrogen) atoms. The standard InChI is InChI=1S/C25H27N2Si.CH3.2ClH.Ti/c1-4-18-17-25(20-12-6-5-11-19(18)20)28(2,3)27-23-15-9-7-13-21(23)26-22-14-8-10-16-24(22)27;;;;/h4-16,18-20,25H,1,17H2,2-3H3;1H3;2*1H;/q2*-1;;;+2/p-2/t18-,19-,20-,25?;;;;/m0..../s1. The molecule has 6 heteroatoms. The molecule has 168 valence electrons. The van der Waals surface area contributed by atoms with Gasteiger partial charge in [-0.15, -0.1) is 18.0 Å². The molecule has 0 saturated heterocycles. The first-order valence-electron chi connectivity index (χ1n) is 10.7. The summed E-state index contributed by atoms with van der Waals surface area (Å²) in [7, 11) is 7.88. The predicted molar refractivity (Wildman–Crippen MR) is 141 cm³/mol. The normalized spacial score (nSPS) is 24.6. The van der Waals surface area contributed by atoms with Crippen LogP contribution in [0.25, 0.3) is 5.32 Å². The van der Waals surface area contributed by atoms with E-state index in [2.05, 4.69) is 103 Å². The average molecular weight is 517 g/mol. The Morgan fingerprint density at radius 3 is 2.00 bits per heavy atom. The van der Waals surface area contributed by atoms with Gasteiger partial charge < -0.3 is 17.3 Å². The number of hydrogen-bond donors (Lipinski definition) is 0. The first kappa shape index (κ1) is 25.4. The van der Waals surface area contributed by atoms with E-state index < -0.39 is 25.3 Å². The number of nitrogens with zero attached hydrogens (tertiary/aromatic N) is 2. The monoisotopic (exact) mass is 516 g/mol. The van der Waals surface area contributed by atoms with Gasteiger partial charge in [-0.25, -0.2) is 0 Å². The first-order valence-corrected chi connectivity index (χ1v) is 18.0. The molecule has 0 amide bonds. The molecule has 2 aromatic carbocycles. The fraction of sp³-hybridized carbons (Fsp3) is 0.269. The van der Waals surface area contributed by atoms with Gasteiger partial charge in [-0.2, -0.15) is 0 Å². The van der Waals surface area contributed by atoms with Crippen LogP contribution in [0.1, 0.15) is 6.42 Å². The van der Waals surface area contributed by atoms with Crippen LogP contribution in [0, 0.1) is 25.2 Å². The predicted octanol–water partition coefficient (Wildman–Crippen LogP) is 9.44. The van der Waals surface area contributed by atoms with E-state index in [1.54, 1.807) is 0 Å². The van der Waals surface area contributed by atoms with Gasteiger partial charge in [0, 0.05) is 11.4 Å². The SMILES string of the molecule is C=C[C@H]1CC([Si](C)(C)N2c3ccccc3[N-]c3ccccc32)[C@H]2C=CC=C[C@H]21.[CH3-].[Cl][Ti][Cl]. The van der Waals surface area contributed by atoms with Crippen molar-refractivity contribution in [2.75, 3.05) is 4.57 Å². The minimum absolute atomic E-state index is 0. The number of fused-ring (bicyclic) bond motifs is 3. The van der Waals surface area contributed by atoms with Crippen LogP contribution < -0.4 is 4.57 Å². The molecular weight excluding hydrogens is 487 g/mol. The zero-order valence-corrected chi connectivity index (χ0v) is 23.0. The third kappa shape index (κ3) is 4.56. The molecule has 1 heterocycles. The van der Waals surface area contributed by atoms with Crippen LogP contribution in [0.3, 0.4) is 0 Å². The van der Waals surface area contributed by atoms with Gasteiger partial charge in [0.25, 0.3) is 0 Å². The summed E-state index contributed by atoms with van der Waals surface area (Å²) in [4.78, 5) is 0. The summed E-state index contributed by atoms with van der Waals surface area (Å²) in [6, 6.07) is 17.3. The summed E-state index contributed by atoms with van der Waals surface area (Å²) in [6.07, 6.45) is 12.8. The Labute approximate surface area is 211 Å². The maximum absolute atomic E-state index is 4.95. The Kier molecular flexibility index (Phi) is 8.57. The van der Waals surface area contributed by atoms with Crippen molar-refractivity contribution in [3.63, 3.8) is 0 Å². The van der Waals surface area contributed by atoms with Crippen LogP contribution in [0.4, 0.5) is 22.7 Å². The van der Waals surface area contributed by atoms with Crippen LogP contribution in [-0.2, 0) is 17.0 Å². The van der Waals surface area contributed by atoms with Crippen molar-refractivity contribution in [1.29, 1.82) is 0 Å². The van der Waals surface area contributed by atoms with E-state index in [4.69, 9.17) is 23.9 Å². The van der Waals surface area contributed by atoms with Gasteiger partial charge in [0.05, 0.1) is 0 Å². The Morgan fingerprint density at radius 2 is 1.47 bits per heavy atom. The quantitative estimate of drug-likeness (QED) is 0.225. The van der Waals surface area contributed by atoms with Crippen molar-refractivity contribution >= 4 is 49.6 Å². The molecule has 3 aliphatic rings. The molecule has 4 atom stereocenters. The molecular formula is C26H30Cl2N2SiTi-2. The number of anilines is 2. The Morgan fingerprint density at radius 1 is 0.969 bits per heavy atom. The average Bonchev–Trinajstić information content (AvgIpc) is 3.17. The third-order valence-corrected chi connectivity index (χ3v) is 11.0. The summed E-state index contributed by atoms with van der Waals surface area (Å²) >= 11 is -0.556. The summed E-state index contributed by atoms with van der Waals surface area (Å²) in [5.41, 5.74) is 5.39. The Bertz CT molecular complexity index is 961. The van der Waals surface area contributed by atoms with Gasteiger partial charge in [0.2, 0.25) is 0 Å². The van der Waals surface area contributed by atoms with Gasteiger partial charge >= 0.3 is 35.6 Å². The molecule has 5 rings (SSSR count). The maximum atomic E-state index is 4.95. The van der Waals surface area contributed by atoms with E-state index in [9.17, 15) is 0 Å². The van der Waals surface area contributed by atoms with Crippen LogP contribution in [0.5, 0.6) is 0 Å². The molecule has 2 aromatic rings. The van der Waals surface area contributed by atoms with Gasteiger partial charge in [-0.1, -0.05) is 79.9 Å². The van der Waals surface area contributed by atoms with Crippen molar-refractivity contribution < 1.29 is 17.0 Å². The number of halogens is 2. The Balaban J connectivity index is 0.000000686. The van der Waals surface area contributed by atoms with E-state index in [-0.39, 0.29) is 7.43 Å². The van der Waals surface area contributed by atoms with E-state index in [0.29, 0.717) is 23.3 Å². The van der Waals surface area contributed by atoms with E-state index in [1.165, 1.54) is 17.8 Å². The van der Waals surface area contributed by atoms with Crippen molar-refractivity contribution in [2.45, 2.75) is 25.1 Å². The molecule has 0 N–H and O–H groups in total. The molecule has 1 saturated carbocycles. The van der Waals surface area contributed by atoms with Crippen LogP contribution in [-0.4, -0.2) is 8.24 Å².